The standard InChI is InChI=1S/C25H39N7O2/c1-17(33)27-13-23(34)31-15-20-22(16-31)28-25(19-7-3-2-4-8-19)29-24(20)21-9-11-32(30-21)14-18-6-5-10-26-12-18/h2-4,7-8,18,20-22,24-26,28-30H,5-6,9-16H2,1H3,(H,27,33). The molecule has 4 fully saturated rings. The predicted octanol–water partition coefficient (Wildman–Crippen LogP) is -0.212. The zero-order valence-electron chi connectivity index (χ0n) is 20.1. The Morgan fingerprint density at radius 2 is 1.94 bits per heavy atom. The highest BCUT2D eigenvalue weighted by molar-refractivity contribution is 5.84. The van der Waals surface area contributed by atoms with Crippen LogP contribution in [-0.2, 0) is 9.59 Å². The Balaban J connectivity index is 1.27. The highest BCUT2D eigenvalue weighted by Gasteiger charge is 2.48. The number of rotatable bonds is 6. The van der Waals surface area contributed by atoms with Gasteiger partial charge in [-0.1, -0.05) is 30.3 Å². The number of fused-ring (bicyclic) bond motifs is 1. The minimum absolute atomic E-state index is 0.00721. The normalized spacial score (nSPS) is 34.1. The Morgan fingerprint density at radius 3 is 2.71 bits per heavy atom. The van der Waals surface area contributed by atoms with Gasteiger partial charge in [-0.25, -0.2) is 5.01 Å². The number of benzene rings is 1. The Labute approximate surface area is 202 Å². The summed E-state index contributed by atoms with van der Waals surface area (Å²) in [7, 11) is 0. The molecule has 9 heteroatoms. The Morgan fingerprint density at radius 1 is 1.09 bits per heavy atom. The first-order chi connectivity index (χ1) is 16.6. The van der Waals surface area contributed by atoms with Crippen LogP contribution in [-0.4, -0.2) is 85.7 Å². The monoisotopic (exact) mass is 469 g/mol. The van der Waals surface area contributed by atoms with E-state index in [4.69, 9.17) is 0 Å². The van der Waals surface area contributed by atoms with Crippen molar-refractivity contribution in [3.8, 4) is 0 Å². The second kappa shape index (κ2) is 10.7. The van der Waals surface area contributed by atoms with Gasteiger partial charge >= 0.3 is 0 Å². The summed E-state index contributed by atoms with van der Waals surface area (Å²) < 4.78 is 0. The van der Waals surface area contributed by atoms with Gasteiger partial charge in [0, 0.05) is 57.1 Å². The van der Waals surface area contributed by atoms with Crippen molar-refractivity contribution in [1.29, 1.82) is 0 Å². The summed E-state index contributed by atoms with van der Waals surface area (Å²) in [6.45, 7) is 7.31. The van der Waals surface area contributed by atoms with Crippen LogP contribution >= 0.6 is 0 Å². The van der Waals surface area contributed by atoms with Gasteiger partial charge in [-0.05, 0) is 43.8 Å². The van der Waals surface area contributed by atoms with Crippen LogP contribution < -0.4 is 26.7 Å². The molecule has 0 radical (unpaired) electrons. The van der Waals surface area contributed by atoms with Gasteiger partial charge in [0.25, 0.3) is 0 Å². The van der Waals surface area contributed by atoms with E-state index in [1.54, 1.807) is 0 Å². The summed E-state index contributed by atoms with van der Waals surface area (Å²) in [6, 6.07) is 11.3. The molecule has 34 heavy (non-hydrogen) atoms. The number of nitrogens with one attached hydrogen (secondary N) is 5. The smallest absolute Gasteiger partial charge is 0.242 e. The van der Waals surface area contributed by atoms with Crippen molar-refractivity contribution in [3.05, 3.63) is 35.9 Å². The summed E-state index contributed by atoms with van der Waals surface area (Å²) in [6.07, 6.45) is 3.72. The van der Waals surface area contributed by atoms with E-state index in [1.165, 1.54) is 25.3 Å². The first-order valence-electron chi connectivity index (χ1n) is 12.9. The molecule has 5 rings (SSSR count). The van der Waals surface area contributed by atoms with Gasteiger partial charge in [0.2, 0.25) is 11.8 Å². The SMILES string of the molecule is CC(=O)NCC(=O)N1CC2NC(c3ccccc3)NC(C3CCN(CC4CCCNC4)N3)C2C1. The first-order valence-corrected chi connectivity index (χ1v) is 12.9. The zero-order chi connectivity index (χ0) is 23.5. The molecule has 1 aromatic rings. The molecule has 1 aromatic carbocycles. The van der Waals surface area contributed by atoms with E-state index in [-0.39, 0.29) is 36.6 Å². The van der Waals surface area contributed by atoms with E-state index in [2.05, 4.69) is 56.0 Å². The number of hydrazine groups is 1. The second-order valence-corrected chi connectivity index (χ2v) is 10.4. The second-order valence-electron chi connectivity index (χ2n) is 10.4. The van der Waals surface area contributed by atoms with Crippen molar-refractivity contribution < 1.29 is 9.59 Å². The van der Waals surface area contributed by atoms with Crippen LogP contribution in [0.2, 0.25) is 0 Å². The number of nitrogens with zero attached hydrogens (tertiary/aromatic N) is 2. The first kappa shape index (κ1) is 23.7. The van der Waals surface area contributed by atoms with Crippen LogP contribution in [0, 0.1) is 11.8 Å². The molecule has 9 nitrogen and oxygen atoms in total. The van der Waals surface area contributed by atoms with E-state index >= 15 is 0 Å². The number of hydrogen-bond donors (Lipinski definition) is 5. The molecule has 0 aromatic heterocycles. The summed E-state index contributed by atoms with van der Waals surface area (Å²) in [4.78, 5) is 26.0. The lowest BCUT2D eigenvalue weighted by Crippen LogP contribution is -2.64. The van der Waals surface area contributed by atoms with E-state index in [0.717, 1.165) is 32.6 Å². The molecule has 6 atom stereocenters. The zero-order valence-corrected chi connectivity index (χ0v) is 20.1. The van der Waals surface area contributed by atoms with Crippen LogP contribution in [0.3, 0.4) is 0 Å². The lowest BCUT2D eigenvalue weighted by molar-refractivity contribution is -0.131. The van der Waals surface area contributed by atoms with Crippen LogP contribution in [0.4, 0.5) is 0 Å². The van der Waals surface area contributed by atoms with Crippen LogP contribution in [0.25, 0.3) is 0 Å². The number of piperidine rings is 1. The number of carbonyl (C=O) groups is 2. The molecule has 186 valence electrons. The molecular formula is C25H39N7O2. The Kier molecular flexibility index (Phi) is 7.46. The fourth-order valence-corrected chi connectivity index (χ4v) is 6.17. The molecule has 0 saturated carbocycles. The largest absolute Gasteiger partial charge is 0.347 e. The van der Waals surface area contributed by atoms with Gasteiger partial charge in [0.05, 0.1) is 12.7 Å². The van der Waals surface area contributed by atoms with Crippen LogP contribution in [0.1, 0.15) is 37.9 Å². The van der Waals surface area contributed by atoms with Gasteiger partial charge in [-0.2, -0.15) is 0 Å². The molecule has 4 aliphatic heterocycles. The van der Waals surface area contributed by atoms with Crippen LogP contribution in [0.15, 0.2) is 30.3 Å². The molecule has 4 aliphatic rings. The van der Waals surface area contributed by atoms with Crippen LogP contribution in [0.5, 0.6) is 0 Å². The maximum absolute atomic E-state index is 12.8. The summed E-state index contributed by atoms with van der Waals surface area (Å²) in [5.41, 5.74) is 5.05. The van der Waals surface area contributed by atoms with Gasteiger partial charge in [0.15, 0.2) is 0 Å². The third-order valence-corrected chi connectivity index (χ3v) is 7.91. The third kappa shape index (κ3) is 5.44. The number of amides is 2. The summed E-state index contributed by atoms with van der Waals surface area (Å²) >= 11 is 0. The maximum atomic E-state index is 12.8. The van der Waals surface area contributed by atoms with Gasteiger partial charge in [-0.15, -0.1) is 0 Å². The molecule has 0 spiro atoms. The number of likely N-dealkylation sites (tertiary alicyclic amines) is 1. The molecule has 4 saturated heterocycles. The number of hydrogen-bond acceptors (Lipinski definition) is 7. The highest BCUT2D eigenvalue weighted by Crippen LogP contribution is 2.32. The van der Waals surface area contributed by atoms with Crippen molar-refractivity contribution >= 4 is 11.8 Å². The predicted molar refractivity (Wildman–Crippen MR) is 130 cm³/mol. The lowest BCUT2D eigenvalue weighted by atomic mass is 9.85. The van der Waals surface area contributed by atoms with E-state index in [0.29, 0.717) is 31.0 Å². The van der Waals surface area contributed by atoms with Crippen molar-refractivity contribution in [3.63, 3.8) is 0 Å². The number of carbonyl (C=O) groups excluding carboxylic acids is 2. The van der Waals surface area contributed by atoms with Crippen molar-refractivity contribution in [2.45, 2.75) is 50.5 Å². The Hall–Kier alpha value is -2.04. The van der Waals surface area contributed by atoms with Gasteiger partial charge in [-0.3, -0.25) is 25.6 Å². The topological polar surface area (TPSA) is 101 Å². The minimum atomic E-state index is -0.171. The molecular weight excluding hydrogens is 430 g/mol. The highest BCUT2D eigenvalue weighted by atomic mass is 16.2. The fourth-order valence-electron chi connectivity index (χ4n) is 6.17. The van der Waals surface area contributed by atoms with E-state index < -0.39 is 0 Å². The van der Waals surface area contributed by atoms with Crippen molar-refractivity contribution in [2.24, 2.45) is 11.8 Å². The van der Waals surface area contributed by atoms with Gasteiger partial charge in [0.1, 0.15) is 0 Å². The third-order valence-electron chi connectivity index (χ3n) is 7.91. The van der Waals surface area contributed by atoms with Crippen molar-refractivity contribution in [1.82, 2.24) is 36.6 Å². The maximum Gasteiger partial charge on any atom is 0.242 e. The molecule has 5 N–H and O–H groups in total. The average molecular weight is 470 g/mol. The molecule has 0 bridgehead atoms. The fraction of sp³-hybridized carbons (Fsp3) is 0.680. The minimum Gasteiger partial charge on any atom is -0.347 e. The average Bonchev–Trinajstić information content (AvgIpc) is 3.50. The molecule has 2 amide bonds. The molecule has 4 heterocycles. The Bertz CT molecular complexity index is 847. The van der Waals surface area contributed by atoms with E-state index in [1.807, 2.05) is 11.0 Å². The van der Waals surface area contributed by atoms with Gasteiger partial charge < -0.3 is 15.5 Å². The van der Waals surface area contributed by atoms with E-state index in [9.17, 15) is 9.59 Å². The summed E-state index contributed by atoms with van der Waals surface area (Å²) in [5.74, 6) is 0.844. The lowest BCUT2D eigenvalue weighted by Gasteiger charge is -2.43. The summed E-state index contributed by atoms with van der Waals surface area (Å²) in [5, 5.41) is 16.3. The molecule has 0 aliphatic carbocycles. The molecule has 6 unspecified atom stereocenters. The quantitative estimate of drug-likeness (QED) is 0.393. The van der Waals surface area contributed by atoms with Crippen molar-refractivity contribution in [2.75, 3.05) is 45.8 Å².